The number of hydrogen-bond donors (Lipinski definition) is 2. The zero-order chi connectivity index (χ0) is 21.6. The standard InChI is InChI=1S/C20H17F3N2O4/c1-12(19(28)25-16-9-5-14(6-10-16)18(24)27)29-17(26)11-4-13-2-7-15(8-3-13)20(21,22)23/h2-12H,1H3,(H2,24,27)(H,25,28). The number of nitrogens with two attached hydrogens (primary N) is 1. The fraction of sp³-hybridized carbons (Fsp3) is 0.150. The summed E-state index contributed by atoms with van der Waals surface area (Å²) in [7, 11) is 0. The fourth-order valence-electron chi connectivity index (χ4n) is 2.18. The number of hydrogen-bond acceptors (Lipinski definition) is 4. The van der Waals surface area contributed by atoms with Gasteiger partial charge in [0.2, 0.25) is 5.91 Å². The minimum absolute atomic E-state index is 0.274. The lowest BCUT2D eigenvalue weighted by Gasteiger charge is -2.12. The van der Waals surface area contributed by atoms with Crippen molar-refractivity contribution >= 4 is 29.5 Å². The van der Waals surface area contributed by atoms with Crippen LogP contribution in [-0.2, 0) is 20.5 Å². The maximum Gasteiger partial charge on any atom is 0.416 e. The lowest BCUT2D eigenvalue weighted by molar-refractivity contribution is -0.148. The highest BCUT2D eigenvalue weighted by Crippen LogP contribution is 2.29. The van der Waals surface area contributed by atoms with Crippen molar-refractivity contribution in [1.82, 2.24) is 0 Å². The van der Waals surface area contributed by atoms with E-state index >= 15 is 0 Å². The normalized spacial score (nSPS) is 12.4. The molecule has 0 aliphatic heterocycles. The van der Waals surface area contributed by atoms with E-state index in [0.717, 1.165) is 18.2 Å². The van der Waals surface area contributed by atoms with Crippen LogP contribution in [0.4, 0.5) is 18.9 Å². The molecule has 0 aliphatic rings. The number of carbonyl (C=O) groups excluding carboxylic acids is 3. The summed E-state index contributed by atoms with van der Waals surface area (Å²) in [4.78, 5) is 34.9. The molecule has 0 aromatic heterocycles. The molecular weight excluding hydrogens is 389 g/mol. The summed E-state index contributed by atoms with van der Waals surface area (Å²) < 4.78 is 42.5. The van der Waals surface area contributed by atoms with E-state index in [1.807, 2.05) is 0 Å². The molecule has 0 fully saturated rings. The molecule has 2 aromatic carbocycles. The van der Waals surface area contributed by atoms with Gasteiger partial charge in [0, 0.05) is 17.3 Å². The van der Waals surface area contributed by atoms with Gasteiger partial charge in [-0.3, -0.25) is 9.59 Å². The number of rotatable bonds is 6. The third-order valence-corrected chi connectivity index (χ3v) is 3.75. The molecular formula is C20H17F3N2O4. The second kappa shape index (κ2) is 9.05. The molecule has 2 aromatic rings. The van der Waals surface area contributed by atoms with Crippen molar-refractivity contribution < 1.29 is 32.3 Å². The first-order chi connectivity index (χ1) is 13.6. The number of ether oxygens (including phenoxy) is 1. The molecule has 1 atom stereocenters. The van der Waals surface area contributed by atoms with Gasteiger partial charge in [-0.1, -0.05) is 12.1 Å². The number of anilines is 1. The van der Waals surface area contributed by atoms with Crippen LogP contribution in [0.1, 0.15) is 28.4 Å². The van der Waals surface area contributed by atoms with Crippen molar-refractivity contribution in [2.45, 2.75) is 19.2 Å². The molecule has 0 heterocycles. The smallest absolute Gasteiger partial charge is 0.416 e. The molecule has 9 heteroatoms. The summed E-state index contributed by atoms with van der Waals surface area (Å²) in [6.07, 6.45) is -3.29. The number of carbonyl (C=O) groups is 3. The minimum atomic E-state index is -4.44. The summed E-state index contributed by atoms with van der Waals surface area (Å²) in [6, 6.07) is 10.0. The van der Waals surface area contributed by atoms with Crippen LogP contribution < -0.4 is 11.1 Å². The summed E-state index contributed by atoms with van der Waals surface area (Å²) >= 11 is 0. The first-order valence-corrected chi connectivity index (χ1v) is 8.33. The Kier molecular flexibility index (Phi) is 6.76. The van der Waals surface area contributed by atoms with E-state index in [9.17, 15) is 27.6 Å². The van der Waals surface area contributed by atoms with Gasteiger partial charge < -0.3 is 15.8 Å². The Hall–Kier alpha value is -3.62. The van der Waals surface area contributed by atoms with Crippen molar-refractivity contribution in [1.29, 1.82) is 0 Å². The number of amides is 2. The van der Waals surface area contributed by atoms with Gasteiger partial charge in [0.05, 0.1) is 5.56 Å². The molecule has 29 heavy (non-hydrogen) atoms. The number of alkyl halides is 3. The van der Waals surface area contributed by atoms with Gasteiger partial charge in [-0.25, -0.2) is 4.79 Å². The van der Waals surface area contributed by atoms with E-state index in [4.69, 9.17) is 10.5 Å². The topological polar surface area (TPSA) is 98.5 Å². The Morgan fingerprint density at radius 3 is 2.14 bits per heavy atom. The van der Waals surface area contributed by atoms with E-state index in [1.54, 1.807) is 0 Å². The van der Waals surface area contributed by atoms with Crippen molar-refractivity contribution in [2.24, 2.45) is 5.73 Å². The Bertz CT molecular complexity index is 920. The van der Waals surface area contributed by atoms with Crippen molar-refractivity contribution in [3.8, 4) is 0 Å². The van der Waals surface area contributed by atoms with Crippen molar-refractivity contribution in [2.75, 3.05) is 5.32 Å². The molecule has 3 N–H and O–H groups in total. The minimum Gasteiger partial charge on any atom is -0.449 e. The maximum absolute atomic E-state index is 12.5. The monoisotopic (exact) mass is 406 g/mol. The Labute approximate surface area is 164 Å². The third-order valence-electron chi connectivity index (χ3n) is 3.75. The quantitative estimate of drug-likeness (QED) is 0.568. The SMILES string of the molecule is CC(OC(=O)C=Cc1ccc(C(F)(F)F)cc1)C(=O)Nc1ccc(C(N)=O)cc1. The second-order valence-electron chi connectivity index (χ2n) is 5.96. The summed E-state index contributed by atoms with van der Waals surface area (Å²) in [5.41, 5.74) is 5.34. The third kappa shape index (κ3) is 6.49. The van der Waals surface area contributed by atoms with E-state index in [-0.39, 0.29) is 5.56 Å². The van der Waals surface area contributed by atoms with Gasteiger partial charge >= 0.3 is 12.1 Å². The molecule has 0 saturated carbocycles. The Balaban J connectivity index is 1.89. The molecule has 0 saturated heterocycles. The van der Waals surface area contributed by atoms with E-state index in [1.165, 1.54) is 49.4 Å². The Morgan fingerprint density at radius 2 is 1.62 bits per heavy atom. The number of halogens is 3. The number of primary amides is 1. The average Bonchev–Trinajstić information content (AvgIpc) is 2.66. The van der Waals surface area contributed by atoms with E-state index in [0.29, 0.717) is 11.3 Å². The van der Waals surface area contributed by atoms with Crippen LogP contribution in [0.2, 0.25) is 0 Å². The van der Waals surface area contributed by atoms with Gasteiger partial charge in [0.1, 0.15) is 0 Å². The highest BCUT2D eigenvalue weighted by atomic mass is 19.4. The Morgan fingerprint density at radius 1 is 1.03 bits per heavy atom. The van der Waals surface area contributed by atoms with Crippen LogP contribution >= 0.6 is 0 Å². The predicted molar refractivity (Wildman–Crippen MR) is 99.6 cm³/mol. The number of nitrogens with one attached hydrogen (secondary N) is 1. The largest absolute Gasteiger partial charge is 0.449 e. The van der Waals surface area contributed by atoms with Crippen LogP contribution in [0.25, 0.3) is 6.08 Å². The molecule has 0 spiro atoms. The summed E-state index contributed by atoms with van der Waals surface area (Å²) in [5.74, 6) is -2.05. The average molecular weight is 406 g/mol. The van der Waals surface area contributed by atoms with E-state index in [2.05, 4.69) is 5.32 Å². The highest BCUT2D eigenvalue weighted by Gasteiger charge is 2.29. The lowest BCUT2D eigenvalue weighted by Crippen LogP contribution is -2.29. The zero-order valence-corrected chi connectivity index (χ0v) is 15.2. The maximum atomic E-state index is 12.5. The molecule has 152 valence electrons. The fourth-order valence-corrected chi connectivity index (χ4v) is 2.18. The number of benzene rings is 2. The molecule has 2 rings (SSSR count). The van der Waals surface area contributed by atoms with E-state index < -0.39 is 35.6 Å². The molecule has 0 radical (unpaired) electrons. The number of esters is 1. The van der Waals surface area contributed by atoms with Gasteiger partial charge in [-0.2, -0.15) is 13.2 Å². The first-order valence-electron chi connectivity index (χ1n) is 8.33. The van der Waals surface area contributed by atoms with Crippen LogP contribution in [0.15, 0.2) is 54.6 Å². The van der Waals surface area contributed by atoms with Crippen LogP contribution in [0.5, 0.6) is 0 Å². The van der Waals surface area contributed by atoms with Crippen molar-refractivity contribution in [3.05, 3.63) is 71.3 Å². The first kappa shape index (κ1) is 21.7. The van der Waals surface area contributed by atoms with Gasteiger partial charge in [0.25, 0.3) is 5.91 Å². The predicted octanol–water partition coefficient (Wildman–Crippen LogP) is 3.39. The zero-order valence-electron chi connectivity index (χ0n) is 15.2. The van der Waals surface area contributed by atoms with Crippen LogP contribution in [-0.4, -0.2) is 23.9 Å². The molecule has 2 amide bonds. The summed E-state index contributed by atoms with van der Waals surface area (Å²) in [6.45, 7) is 1.36. The summed E-state index contributed by atoms with van der Waals surface area (Å²) in [5, 5.41) is 2.51. The molecule has 0 aliphatic carbocycles. The van der Waals surface area contributed by atoms with Gasteiger partial charge in [-0.05, 0) is 55.0 Å². The van der Waals surface area contributed by atoms with Crippen molar-refractivity contribution in [3.63, 3.8) is 0 Å². The van der Waals surface area contributed by atoms with Crippen LogP contribution in [0, 0.1) is 0 Å². The highest BCUT2D eigenvalue weighted by molar-refractivity contribution is 5.97. The molecule has 1 unspecified atom stereocenters. The van der Waals surface area contributed by atoms with Gasteiger partial charge in [0.15, 0.2) is 6.10 Å². The van der Waals surface area contributed by atoms with Crippen LogP contribution in [0.3, 0.4) is 0 Å². The van der Waals surface area contributed by atoms with Gasteiger partial charge in [-0.15, -0.1) is 0 Å². The second-order valence-corrected chi connectivity index (χ2v) is 5.96. The molecule has 0 bridgehead atoms. The molecule has 6 nitrogen and oxygen atoms in total. The lowest BCUT2D eigenvalue weighted by atomic mass is 10.1.